The third kappa shape index (κ3) is 2.87. The molecule has 94 valence electrons. The SMILES string of the molecule is CNC(=O)N(C)c1csc(Cc2ccccc2)n1. The van der Waals surface area contributed by atoms with Crippen LogP contribution < -0.4 is 10.2 Å². The van der Waals surface area contributed by atoms with Crippen LogP contribution in [0.3, 0.4) is 0 Å². The van der Waals surface area contributed by atoms with Gasteiger partial charge in [-0.25, -0.2) is 9.78 Å². The molecule has 0 spiro atoms. The topological polar surface area (TPSA) is 45.2 Å². The van der Waals surface area contributed by atoms with Crippen LogP contribution >= 0.6 is 11.3 Å². The van der Waals surface area contributed by atoms with E-state index < -0.39 is 0 Å². The molecule has 0 atom stereocenters. The van der Waals surface area contributed by atoms with Crippen LogP contribution in [0.5, 0.6) is 0 Å². The van der Waals surface area contributed by atoms with Gasteiger partial charge in [-0.2, -0.15) is 0 Å². The van der Waals surface area contributed by atoms with Crippen LogP contribution in [0.2, 0.25) is 0 Å². The molecule has 2 aromatic rings. The molecule has 1 heterocycles. The molecule has 0 bridgehead atoms. The second-order valence-corrected chi connectivity index (χ2v) is 4.82. The van der Waals surface area contributed by atoms with Crippen LogP contribution in [0.15, 0.2) is 35.7 Å². The number of carbonyl (C=O) groups excluding carboxylic acids is 1. The largest absolute Gasteiger partial charge is 0.341 e. The minimum atomic E-state index is -0.161. The van der Waals surface area contributed by atoms with Crippen molar-refractivity contribution in [3.8, 4) is 0 Å². The number of benzene rings is 1. The molecule has 1 N–H and O–H groups in total. The van der Waals surface area contributed by atoms with E-state index in [0.29, 0.717) is 5.82 Å². The average Bonchev–Trinajstić information content (AvgIpc) is 2.86. The van der Waals surface area contributed by atoms with Crippen molar-refractivity contribution in [1.82, 2.24) is 10.3 Å². The van der Waals surface area contributed by atoms with Crippen LogP contribution in [-0.4, -0.2) is 25.1 Å². The van der Waals surface area contributed by atoms with E-state index in [1.807, 2.05) is 23.6 Å². The number of rotatable bonds is 3. The van der Waals surface area contributed by atoms with Crippen molar-refractivity contribution in [2.24, 2.45) is 0 Å². The quantitative estimate of drug-likeness (QED) is 0.922. The Balaban J connectivity index is 2.09. The second-order valence-electron chi connectivity index (χ2n) is 3.88. The van der Waals surface area contributed by atoms with Crippen molar-refractivity contribution in [2.45, 2.75) is 6.42 Å². The maximum atomic E-state index is 11.5. The molecule has 1 aromatic carbocycles. The molecular weight excluding hydrogens is 246 g/mol. The number of urea groups is 1. The van der Waals surface area contributed by atoms with Gasteiger partial charge in [0.1, 0.15) is 5.82 Å². The number of aromatic nitrogens is 1. The van der Waals surface area contributed by atoms with Crippen LogP contribution in [0.4, 0.5) is 10.6 Å². The summed E-state index contributed by atoms with van der Waals surface area (Å²) >= 11 is 1.57. The van der Waals surface area contributed by atoms with Gasteiger partial charge in [-0.1, -0.05) is 30.3 Å². The molecule has 0 radical (unpaired) electrons. The minimum Gasteiger partial charge on any atom is -0.341 e. The number of hydrogen-bond donors (Lipinski definition) is 1. The highest BCUT2D eigenvalue weighted by molar-refractivity contribution is 7.10. The van der Waals surface area contributed by atoms with Crippen LogP contribution in [-0.2, 0) is 6.42 Å². The molecular formula is C13H15N3OS. The van der Waals surface area contributed by atoms with E-state index in [-0.39, 0.29) is 6.03 Å². The summed E-state index contributed by atoms with van der Waals surface area (Å²) in [5, 5.41) is 5.48. The van der Waals surface area contributed by atoms with Gasteiger partial charge >= 0.3 is 6.03 Å². The van der Waals surface area contributed by atoms with Crippen molar-refractivity contribution >= 4 is 23.2 Å². The molecule has 4 nitrogen and oxygen atoms in total. The van der Waals surface area contributed by atoms with E-state index in [4.69, 9.17) is 0 Å². The first-order chi connectivity index (χ1) is 8.70. The van der Waals surface area contributed by atoms with E-state index >= 15 is 0 Å². The Hall–Kier alpha value is -1.88. The highest BCUT2D eigenvalue weighted by atomic mass is 32.1. The Morgan fingerprint density at radius 3 is 2.78 bits per heavy atom. The first-order valence-corrected chi connectivity index (χ1v) is 6.52. The van der Waals surface area contributed by atoms with Crippen molar-refractivity contribution in [3.63, 3.8) is 0 Å². The minimum absolute atomic E-state index is 0.161. The fourth-order valence-corrected chi connectivity index (χ4v) is 2.43. The fraction of sp³-hybridized carbons (Fsp3) is 0.231. The first-order valence-electron chi connectivity index (χ1n) is 5.64. The van der Waals surface area contributed by atoms with Gasteiger partial charge in [-0.15, -0.1) is 11.3 Å². The van der Waals surface area contributed by atoms with Gasteiger partial charge in [0, 0.05) is 25.9 Å². The molecule has 0 fully saturated rings. The number of amides is 2. The van der Waals surface area contributed by atoms with Crippen LogP contribution in [0.25, 0.3) is 0 Å². The molecule has 1 aromatic heterocycles. The zero-order chi connectivity index (χ0) is 13.0. The van der Waals surface area contributed by atoms with Gasteiger partial charge in [0.25, 0.3) is 0 Å². The van der Waals surface area contributed by atoms with Crippen LogP contribution in [0, 0.1) is 0 Å². The summed E-state index contributed by atoms with van der Waals surface area (Å²) in [5.41, 5.74) is 1.22. The molecule has 0 saturated heterocycles. The van der Waals surface area contributed by atoms with Crippen molar-refractivity contribution < 1.29 is 4.79 Å². The maximum absolute atomic E-state index is 11.5. The summed E-state index contributed by atoms with van der Waals surface area (Å²) < 4.78 is 0. The Bertz CT molecular complexity index is 524. The van der Waals surface area contributed by atoms with E-state index in [2.05, 4.69) is 22.4 Å². The van der Waals surface area contributed by atoms with E-state index in [1.165, 1.54) is 10.5 Å². The fourth-order valence-electron chi connectivity index (χ4n) is 1.58. The lowest BCUT2D eigenvalue weighted by atomic mass is 10.2. The third-order valence-corrected chi connectivity index (χ3v) is 3.44. The Morgan fingerprint density at radius 1 is 1.39 bits per heavy atom. The zero-order valence-electron chi connectivity index (χ0n) is 10.4. The van der Waals surface area contributed by atoms with Gasteiger partial charge in [-0.3, -0.25) is 4.90 Å². The number of nitrogens with one attached hydrogen (secondary N) is 1. The van der Waals surface area contributed by atoms with Crippen LogP contribution in [0.1, 0.15) is 10.6 Å². The standard InChI is InChI=1S/C13H15N3OS/c1-14-13(17)16(2)11-9-18-12(15-11)8-10-6-4-3-5-7-10/h3-7,9H,8H2,1-2H3,(H,14,17). The highest BCUT2D eigenvalue weighted by Gasteiger charge is 2.12. The van der Waals surface area contributed by atoms with Gasteiger partial charge in [0.05, 0.1) is 5.01 Å². The number of anilines is 1. The van der Waals surface area contributed by atoms with Crippen molar-refractivity contribution in [2.75, 3.05) is 19.0 Å². The average molecular weight is 261 g/mol. The summed E-state index contributed by atoms with van der Waals surface area (Å²) in [4.78, 5) is 17.4. The second kappa shape index (κ2) is 5.64. The van der Waals surface area contributed by atoms with E-state index in [1.54, 1.807) is 25.4 Å². The molecule has 0 aliphatic carbocycles. The molecule has 2 amide bonds. The number of hydrogen-bond acceptors (Lipinski definition) is 3. The zero-order valence-corrected chi connectivity index (χ0v) is 11.2. The molecule has 0 saturated carbocycles. The van der Waals surface area contributed by atoms with Gasteiger partial charge < -0.3 is 5.32 Å². The molecule has 2 rings (SSSR count). The lowest BCUT2D eigenvalue weighted by Crippen LogP contribution is -2.34. The Morgan fingerprint density at radius 2 is 2.11 bits per heavy atom. The summed E-state index contributed by atoms with van der Waals surface area (Å²) in [7, 11) is 3.32. The van der Waals surface area contributed by atoms with Crippen molar-refractivity contribution in [3.05, 3.63) is 46.3 Å². The van der Waals surface area contributed by atoms with E-state index in [9.17, 15) is 4.79 Å². The smallest absolute Gasteiger partial charge is 0.322 e. The van der Waals surface area contributed by atoms with Gasteiger partial charge in [0.2, 0.25) is 0 Å². The molecule has 0 aliphatic rings. The Labute approximate surface area is 110 Å². The van der Waals surface area contributed by atoms with Crippen molar-refractivity contribution in [1.29, 1.82) is 0 Å². The molecule has 0 aliphatic heterocycles. The number of carbonyl (C=O) groups is 1. The molecule has 5 heteroatoms. The Kier molecular flexibility index (Phi) is 3.94. The number of nitrogens with zero attached hydrogens (tertiary/aromatic N) is 2. The maximum Gasteiger partial charge on any atom is 0.322 e. The molecule has 18 heavy (non-hydrogen) atoms. The monoisotopic (exact) mass is 261 g/mol. The normalized spacial score (nSPS) is 10.1. The third-order valence-electron chi connectivity index (χ3n) is 2.60. The first kappa shape index (κ1) is 12.6. The summed E-state index contributed by atoms with van der Waals surface area (Å²) in [6.07, 6.45) is 0.799. The van der Waals surface area contributed by atoms with Gasteiger partial charge in [0.15, 0.2) is 0 Å². The summed E-state index contributed by atoms with van der Waals surface area (Å²) in [6, 6.07) is 10.0. The lowest BCUT2D eigenvalue weighted by molar-refractivity contribution is 0.249. The summed E-state index contributed by atoms with van der Waals surface area (Å²) in [6.45, 7) is 0. The lowest BCUT2D eigenvalue weighted by Gasteiger charge is -2.12. The predicted molar refractivity (Wildman–Crippen MR) is 74.2 cm³/mol. The van der Waals surface area contributed by atoms with E-state index in [0.717, 1.165) is 11.4 Å². The molecule has 0 unspecified atom stereocenters. The van der Waals surface area contributed by atoms with Gasteiger partial charge in [-0.05, 0) is 5.56 Å². The predicted octanol–water partition coefficient (Wildman–Crippen LogP) is 2.51. The summed E-state index contributed by atoms with van der Waals surface area (Å²) in [5.74, 6) is 0.685. The highest BCUT2D eigenvalue weighted by Crippen LogP contribution is 2.20. The number of thiazole rings is 1.